The van der Waals surface area contributed by atoms with Gasteiger partial charge in [0.05, 0.1) is 13.2 Å². The molecule has 0 spiro atoms. The highest BCUT2D eigenvalue weighted by Crippen LogP contribution is 2.29. The Morgan fingerprint density at radius 3 is 2.84 bits per heavy atom. The molecular formula is C23H24FN7O. The van der Waals surface area contributed by atoms with Crippen LogP contribution < -0.4 is 15.1 Å². The van der Waals surface area contributed by atoms with Crippen LogP contribution in [0.4, 0.5) is 33.3 Å². The number of fused-ring (bicyclic) bond motifs is 1. The topological polar surface area (TPSA) is 82.2 Å². The van der Waals surface area contributed by atoms with Crippen molar-refractivity contribution in [3.8, 4) is 0 Å². The number of morpholine rings is 1. The molecule has 0 amide bonds. The molecule has 0 bridgehead atoms. The second kappa shape index (κ2) is 8.43. The lowest BCUT2D eigenvalue weighted by atomic mass is 10.1. The number of para-hydroxylation sites is 1. The molecule has 8 nitrogen and oxygen atoms in total. The molecule has 4 aromatic rings. The number of H-pyrrole nitrogens is 1. The lowest BCUT2D eigenvalue weighted by Gasteiger charge is -2.30. The standard InChI is InChI=1S/C23H24FN7O/c1-15-12-16(14-17(13-15)31-8-10-32-11-9-31)30(2)23-25-7-6-20(27-23)26-22-18-4-3-5-19(24)21(18)28-29-22/h3-7,12-14H,8-11H2,1-2H3,(H2,25,26,27,28,29). The molecule has 32 heavy (non-hydrogen) atoms. The Bertz CT molecular complexity index is 1250. The van der Waals surface area contributed by atoms with Crippen molar-refractivity contribution in [2.45, 2.75) is 6.92 Å². The maximum absolute atomic E-state index is 14.0. The summed E-state index contributed by atoms with van der Waals surface area (Å²) in [7, 11) is 1.94. The number of rotatable bonds is 5. The Morgan fingerprint density at radius 1 is 1.16 bits per heavy atom. The van der Waals surface area contributed by atoms with Gasteiger partial charge in [0, 0.05) is 43.1 Å². The molecule has 0 saturated carbocycles. The van der Waals surface area contributed by atoms with Crippen LogP contribution in [0.3, 0.4) is 0 Å². The summed E-state index contributed by atoms with van der Waals surface area (Å²) < 4.78 is 19.4. The third-order valence-corrected chi connectivity index (χ3v) is 5.55. The van der Waals surface area contributed by atoms with E-state index in [0.29, 0.717) is 28.5 Å². The Hall–Kier alpha value is -3.72. The van der Waals surface area contributed by atoms with Crippen molar-refractivity contribution in [2.75, 3.05) is 48.5 Å². The largest absolute Gasteiger partial charge is 0.378 e. The van der Waals surface area contributed by atoms with Gasteiger partial charge in [-0.1, -0.05) is 6.07 Å². The minimum Gasteiger partial charge on any atom is -0.378 e. The minimum absolute atomic E-state index is 0.346. The minimum atomic E-state index is -0.346. The number of hydrogen-bond acceptors (Lipinski definition) is 7. The smallest absolute Gasteiger partial charge is 0.231 e. The van der Waals surface area contributed by atoms with Gasteiger partial charge in [0.15, 0.2) is 5.82 Å². The molecule has 2 aromatic heterocycles. The van der Waals surface area contributed by atoms with E-state index in [4.69, 9.17) is 4.74 Å². The molecule has 2 N–H and O–H groups in total. The predicted octanol–water partition coefficient (Wildman–Crippen LogP) is 4.15. The van der Waals surface area contributed by atoms with Gasteiger partial charge in [-0.05, 0) is 48.9 Å². The molecule has 0 aliphatic carbocycles. The number of halogens is 1. The van der Waals surface area contributed by atoms with Crippen LogP contribution >= 0.6 is 0 Å². The fourth-order valence-electron chi connectivity index (χ4n) is 3.86. The Kier molecular flexibility index (Phi) is 5.32. The highest BCUT2D eigenvalue weighted by atomic mass is 19.1. The fraction of sp³-hybridized carbons (Fsp3) is 0.261. The van der Waals surface area contributed by atoms with E-state index in [1.54, 1.807) is 24.4 Å². The lowest BCUT2D eigenvalue weighted by Crippen LogP contribution is -2.36. The van der Waals surface area contributed by atoms with Crippen LogP contribution in [0, 0.1) is 12.7 Å². The van der Waals surface area contributed by atoms with Crippen molar-refractivity contribution < 1.29 is 9.13 Å². The third kappa shape index (κ3) is 3.94. The summed E-state index contributed by atoms with van der Waals surface area (Å²) in [6.07, 6.45) is 1.69. The molecule has 1 aliphatic rings. The molecule has 164 valence electrons. The SMILES string of the molecule is Cc1cc(N2CCOCC2)cc(N(C)c2nccc(Nc3n[nH]c4c(F)cccc34)n2)c1. The highest BCUT2D eigenvalue weighted by Gasteiger charge is 2.16. The second-order valence-corrected chi connectivity index (χ2v) is 7.79. The van der Waals surface area contributed by atoms with Gasteiger partial charge in [0.25, 0.3) is 0 Å². The number of aromatic nitrogens is 4. The van der Waals surface area contributed by atoms with Crippen LogP contribution in [0.2, 0.25) is 0 Å². The van der Waals surface area contributed by atoms with Crippen molar-refractivity contribution in [3.63, 3.8) is 0 Å². The monoisotopic (exact) mass is 433 g/mol. The predicted molar refractivity (Wildman–Crippen MR) is 124 cm³/mol. The third-order valence-electron chi connectivity index (χ3n) is 5.55. The molecule has 9 heteroatoms. The molecule has 3 heterocycles. The van der Waals surface area contributed by atoms with E-state index in [-0.39, 0.29) is 5.82 Å². The first-order valence-corrected chi connectivity index (χ1v) is 10.5. The zero-order chi connectivity index (χ0) is 22.1. The number of ether oxygens (including phenoxy) is 1. The number of anilines is 5. The number of nitrogens with zero attached hydrogens (tertiary/aromatic N) is 5. The number of aromatic amines is 1. The van der Waals surface area contributed by atoms with Gasteiger partial charge in [-0.25, -0.2) is 9.37 Å². The fourth-order valence-corrected chi connectivity index (χ4v) is 3.86. The Morgan fingerprint density at radius 2 is 2.00 bits per heavy atom. The first kappa shape index (κ1) is 20.2. The maximum atomic E-state index is 14.0. The van der Waals surface area contributed by atoms with Crippen molar-refractivity contribution in [1.29, 1.82) is 0 Å². The summed E-state index contributed by atoms with van der Waals surface area (Å²) >= 11 is 0. The summed E-state index contributed by atoms with van der Waals surface area (Å²) in [6, 6.07) is 13.0. The highest BCUT2D eigenvalue weighted by molar-refractivity contribution is 5.91. The molecule has 1 saturated heterocycles. The second-order valence-electron chi connectivity index (χ2n) is 7.79. The van der Waals surface area contributed by atoms with E-state index in [0.717, 1.165) is 43.2 Å². The van der Waals surface area contributed by atoms with E-state index < -0.39 is 0 Å². The van der Waals surface area contributed by atoms with Gasteiger partial charge < -0.3 is 19.9 Å². The van der Waals surface area contributed by atoms with Gasteiger partial charge in [0.2, 0.25) is 5.95 Å². The first-order chi connectivity index (χ1) is 15.6. The molecule has 0 unspecified atom stereocenters. The van der Waals surface area contributed by atoms with Gasteiger partial charge in [-0.2, -0.15) is 10.1 Å². The van der Waals surface area contributed by atoms with Crippen LogP contribution in [0.15, 0.2) is 48.7 Å². The molecule has 0 radical (unpaired) electrons. The summed E-state index contributed by atoms with van der Waals surface area (Å²) in [5.41, 5.74) is 3.68. The molecule has 5 rings (SSSR count). The summed E-state index contributed by atoms with van der Waals surface area (Å²) in [5, 5.41) is 10.7. The Labute approximate surface area is 185 Å². The molecule has 2 aromatic carbocycles. The number of hydrogen-bond donors (Lipinski definition) is 2. The van der Waals surface area contributed by atoms with Crippen LogP contribution in [0.25, 0.3) is 10.9 Å². The van der Waals surface area contributed by atoms with E-state index in [1.165, 1.54) is 6.07 Å². The molecule has 0 atom stereocenters. The quantitative estimate of drug-likeness (QED) is 0.489. The molecular weight excluding hydrogens is 409 g/mol. The van der Waals surface area contributed by atoms with E-state index in [1.807, 2.05) is 11.9 Å². The van der Waals surface area contributed by atoms with Crippen LogP contribution in [0.1, 0.15) is 5.56 Å². The van der Waals surface area contributed by atoms with Gasteiger partial charge in [0.1, 0.15) is 17.2 Å². The van der Waals surface area contributed by atoms with Gasteiger partial charge in [-0.15, -0.1) is 0 Å². The first-order valence-electron chi connectivity index (χ1n) is 10.5. The average Bonchev–Trinajstić information content (AvgIpc) is 3.23. The van der Waals surface area contributed by atoms with E-state index in [9.17, 15) is 4.39 Å². The van der Waals surface area contributed by atoms with Crippen LogP contribution in [-0.2, 0) is 4.74 Å². The summed E-state index contributed by atoms with van der Waals surface area (Å²) in [4.78, 5) is 13.4. The van der Waals surface area contributed by atoms with Crippen molar-refractivity contribution in [3.05, 3.63) is 60.0 Å². The number of aryl methyl sites for hydroxylation is 1. The zero-order valence-electron chi connectivity index (χ0n) is 18.0. The normalized spacial score (nSPS) is 14.0. The van der Waals surface area contributed by atoms with Crippen molar-refractivity contribution in [2.24, 2.45) is 0 Å². The average molecular weight is 433 g/mol. The van der Waals surface area contributed by atoms with Gasteiger partial charge in [-0.3, -0.25) is 5.10 Å². The maximum Gasteiger partial charge on any atom is 0.231 e. The summed E-state index contributed by atoms with van der Waals surface area (Å²) in [5.74, 6) is 1.28. The molecule has 1 aliphatic heterocycles. The van der Waals surface area contributed by atoms with Crippen molar-refractivity contribution in [1.82, 2.24) is 20.2 Å². The van der Waals surface area contributed by atoms with E-state index in [2.05, 4.69) is 55.5 Å². The zero-order valence-corrected chi connectivity index (χ0v) is 18.0. The molecule has 1 fully saturated rings. The summed E-state index contributed by atoms with van der Waals surface area (Å²) in [6.45, 7) is 5.31. The lowest BCUT2D eigenvalue weighted by molar-refractivity contribution is 0.122. The number of benzene rings is 2. The van der Waals surface area contributed by atoms with Crippen molar-refractivity contribution >= 4 is 39.9 Å². The van der Waals surface area contributed by atoms with Crippen LogP contribution in [-0.4, -0.2) is 53.5 Å². The Balaban J connectivity index is 1.41. The van der Waals surface area contributed by atoms with Crippen LogP contribution in [0.5, 0.6) is 0 Å². The van der Waals surface area contributed by atoms with Gasteiger partial charge >= 0.3 is 0 Å². The van der Waals surface area contributed by atoms with E-state index >= 15 is 0 Å². The number of nitrogens with one attached hydrogen (secondary N) is 2.